The molecule has 0 saturated heterocycles. The van der Waals surface area contributed by atoms with Gasteiger partial charge in [0, 0.05) is 12.6 Å². The number of benzene rings is 1. The van der Waals surface area contributed by atoms with E-state index in [1.807, 2.05) is 19.1 Å². The van der Waals surface area contributed by atoms with Gasteiger partial charge in [0.1, 0.15) is 5.75 Å². The Hall–Kier alpha value is -0.770. The van der Waals surface area contributed by atoms with E-state index < -0.39 is 0 Å². The summed E-state index contributed by atoms with van der Waals surface area (Å²) in [5.41, 5.74) is 8.25. The fourth-order valence-corrected chi connectivity index (χ4v) is 1.89. The third-order valence-corrected chi connectivity index (χ3v) is 2.85. The van der Waals surface area contributed by atoms with Crippen LogP contribution in [0.2, 0.25) is 5.02 Å². The molecule has 0 fully saturated rings. The molecule has 4 heteroatoms. The maximum absolute atomic E-state index is 6.08. The molecule has 3 nitrogen and oxygen atoms in total. The van der Waals surface area contributed by atoms with Gasteiger partial charge in [0.2, 0.25) is 0 Å². The van der Waals surface area contributed by atoms with Gasteiger partial charge >= 0.3 is 0 Å². The second-order valence-electron chi connectivity index (χ2n) is 3.76. The van der Waals surface area contributed by atoms with Crippen LogP contribution in [0.25, 0.3) is 0 Å². The average molecular weight is 243 g/mol. The first kappa shape index (κ1) is 13.3. The highest BCUT2D eigenvalue weighted by Gasteiger charge is 2.12. The van der Waals surface area contributed by atoms with Crippen LogP contribution in [0.4, 0.5) is 0 Å². The predicted octanol–water partition coefficient (Wildman–Crippen LogP) is 2.27. The van der Waals surface area contributed by atoms with Gasteiger partial charge in [0.05, 0.1) is 12.1 Å². The molecule has 0 heterocycles. The number of nitrogens with one attached hydrogen (secondary N) is 1. The van der Waals surface area contributed by atoms with Crippen molar-refractivity contribution >= 4 is 11.6 Å². The van der Waals surface area contributed by atoms with Crippen molar-refractivity contribution in [3.8, 4) is 5.75 Å². The molecule has 90 valence electrons. The Balaban J connectivity index is 2.92. The van der Waals surface area contributed by atoms with E-state index in [0.717, 1.165) is 24.2 Å². The van der Waals surface area contributed by atoms with Crippen LogP contribution in [0, 0.1) is 6.92 Å². The van der Waals surface area contributed by atoms with Crippen molar-refractivity contribution in [2.45, 2.75) is 19.9 Å². The lowest BCUT2D eigenvalue weighted by Gasteiger charge is -2.16. The lowest BCUT2D eigenvalue weighted by atomic mass is 10.0. The Morgan fingerprint density at radius 1 is 1.50 bits per heavy atom. The number of rotatable bonds is 5. The molecule has 3 N–H and O–H groups in total. The molecule has 1 aromatic rings. The number of hydrogen-bond acceptors (Lipinski definition) is 3. The monoisotopic (exact) mass is 242 g/mol. The van der Waals surface area contributed by atoms with Gasteiger partial charge in [-0.15, -0.1) is 0 Å². The van der Waals surface area contributed by atoms with Gasteiger partial charge < -0.3 is 15.8 Å². The van der Waals surface area contributed by atoms with Crippen LogP contribution in [-0.2, 0) is 0 Å². The average Bonchev–Trinajstić information content (AvgIpc) is 2.28. The summed E-state index contributed by atoms with van der Waals surface area (Å²) in [5.74, 6) is 0.693. The SMILES string of the molecule is CCNCC(N)c1cc(Cl)c(OC)cc1C. The number of ether oxygens (including phenoxy) is 1. The van der Waals surface area contributed by atoms with Crippen molar-refractivity contribution in [3.05, 3.63) is 28.3 Å². The Kier molecular flexibility index (Phi) is 5.06. The molecule has 0 amide bonds. The molecule has 16 heavy (non-hydrogen) atoms. The molecule has 1 rings (SSSR count). The van der Waals surface area contributed by atoms with Crippen molar-refractivity contribution in [2.24, 2.45) is 5.73 Å². The highest BCUT2D eigenvalue weighted by atomic mass is 35.5. The van der Waals surface area contributed by atoms with Gasteiger partial charge in [-0.2, -0.15) is 0 Å². The van der Waals surface area contributed by atoms with Gasteiger partial charge in [-0.1, -0.05) is 18.5 Å². The first-order valence-corrected chi connectivity index (χ1v) is 5.78. The van der Waals surface area contributed by atoms with Crippen molar-refractivity contribution in [1.82, 2.24) is 5.32 Å². The van der Waals surface area contributed by atoms with Crippen LogP contribution in [0.15, 0.2) is 12.1 Å². The van der Waals surface area contributed by atoms with Gasteiger partial charge in [0.25, 0.3) is 0 Å². The van der Waals surface area contributed by atoms with E-state index in [0.29, 0.717) is 10.8 Å². The third kappa shape index (κ3) is 3.11. The maximum atomic E-state index is 6.08. The standard InChI is InChI=1S/C12H19ClN2O/c1-4-15-7-11(14)9-6-10(13)12(16-3)5-8(9)2/h5-6,11,15H,4,7,14H2,1-3H3. The minimum Gasteiger partial charge on any atom is -0.495 e. The smallest absolute Gasteiger partial charge is 0.137 e. The number of methoxy groups -OCH3 is 1. The van der Waals surface area contributed by atoms with E-state index in [1.165, 1.54) is 0 Å². The van der Waals surface area contributed by atoms with Crippen LogP contribution in [0.5, 0.6) is 5.75 Å². The fraction of sp³-hybridized carbons (Fsp3) is 0.500. The van der Waals surface area contributed by atoms with E-state index in [-0.39, 0.29) is 6.04 Å². The molecule has 0 radical (unpaired) electrons. The van der Waals surface area contributed by atoms with E-state index in [2.05, 4.69) is 12.2 Å². The lowest BCUT2D eigenvalue weighted by Crippen LogP contribution is -2.27. The van der Waals surface area contributed by atoms with Crippen LogP contribution in [0.3, 0.4) is 0 Å². The summed E-state index contributed by atoms with van der Waals surface area (Å²) >= 11 is 6.08. The minimum absolute atomic E-state index is 0.0386. The molecule has 0 aliphatic carbocycles. The normalized spacial score (nSPS) is 12.6. The summed E-state index contributed by atoms with van der Waals surface area (Å²) < 4.78 is 5.15. The Labute approximate surface area is 102 Å². The number of aryl methyl sites for hydroxylation is 1. The van der Waals surface area contributed by atoms with E-state index in [4.69, 9.17) is 22.1 Å². The second kappa shape index (κ2) is 6.09. The van der Waals surface area contributed by atoms with E-state index in [9.17, 15) is 0 Å². The topological polar surface area (TPSA) is 47.3 Å². The number of nitrogens with two attached hydrogens (primary N) is 1. The maximum Gasteiger partial charge on any atom is 0.137 e. The Morgan fingerprint density at radius 3 is 2.75 bits per heavy atom. The molecule has 0 spiro atoms. The quantitative estimate of drug-likeness (QED) is 0.833. The highest BCUT2D eigenvalue weighted by Crippen LogP contribution is 2.29. The highest BCUT2D eigenvalue weighted by molar-refractivity contribution is 6.32. The van der Waals surface area contributed by atoms with Gasteiger partial charge in [-0.3, -0.25) is 0 Å². The molecule has 1 aromatic carbocycles. The predicted molar refractivity (Wildman–Crippen MR) is 68.2 cm³/mol. The lowest BCUT2D eigenvalue weighted by molar-refractivity contribution is 0.414. The second-order valence-corrected chi connectivity index (χ2v) is 4.16. The van der Waals surface area contributed by atoms with Gasteiger partial charge in [-0.05, 0) is 36.7 Å². The van der Waals surface area contributed by atoms with Crippen LogP contribution in [-0.4, -0.2) is 20.2 Å². The van der Waals surface area contributed by atoms with Crippen LogP contribution >= 0.6 is 11.6 Å². The van der Waals surface area contributed by atoms with Gasteiger partial charge in [0.15, 0.2) is 0 Å². The summed E-state index contributed by atoms with van der Waals surface area (Å²) in [7, 11) is 1.61. The summed E-state index contributed by atoms with van der Waals surface area (Å²) in [5, 5.41) is 3.83. The van der Waals surface area contributed by atoms with Crippen LogP contribution < -0.4 is 15.8 Å². The third-order valence-electron chi connectivity index (χ3n) is 2.55. The number of halogens is 1. The molecule has 0 aliphatic rings. The van der Waals surface area contributed by atoms with Crippen molar-refractivity contribution in [3.63, 3.8) is 0 Å². The molecular weight excluding hydrogens is 224 g/mol. The molecule has 0 aliphatic heterocycles. The molecule has 0 bridgehead atoms. The number of likely N-dealkylation sites (N-methyl/N-ethyl adjacent to an activating group) is 1. The molecule has 1 atom stereocenters. The molecule has 1 unspecified atom stereocenters. The summed E-state index contributed by atoms with van der Waals surface area (Å²) in [6, 6.07) is 3.77. The zero-order chi connectivity index (χ0) is 12.1. The molecular formula is C12H19ClN2O. The molecule has 0 aromatic heterocycles. The Bertz CT molecular complexity index is 355. The van der Waals surface area contributed by atoms with Crippen molar-refractivity contribution < 1.29 is 4.74 Å². The summed E-state index contributed by atoms with van der Waals surface area (Å²) in [6.45, 7) is 5.73. The minimum atomic E-state index is -0.0386. The fourth-order valence-electron chi connectivity index (χ4n) is 1.64. The van der Waals surface area contributed by atoms with Gasteiger partial charge in [-0.25, -0.2) is 0 Å². The zero-order valence-electron chi connectivity index (χ0n) is 10.0. The summed E-state index contributed by atoms with van der Waals surface area (Å²) in [4.78, 5) is 0. The van der Waals surface area contributed by atoms with Crippen molar-refractivity contribution in [1.29, 1.82) is 0 Å². The number of hydrogen-bond donors (Lipinski definition) is 2. The first-order valence-electron chi connectivity index (χ1n) is 5.40. The van der Waals surface area contributed by atoms with E-state index >= 15 is 0 Å². The van der Waals surface area contributed by atoms with Crippen molar-refractivity contribution in [2.75, 3.05) is 20.2 Å². The zero-order valence-corrected chi connectivity index (χ0v) is 10.8. The van der Waals surface area contributed by atoms with Crippen LogP contribution in [0.1, 0.15) is 24.1 Å². The first-order chi connectivity index (χ1) is 7.60. The largest absolute Gasteiger partial charge is 0.495 e. The summed E-state index contributed by atoms with van der Waals surface area (Å²) in [6.07, 6.45) is 0. The molecule has 0 saturated carbocycles. The Morgan fingerprint density at radius 2 is 2.19 bits per heavy atom. The van der Waals surface area contributed by atoms with E-state index in [1.54, 1.807) is 7.11 Å².